The van der Waals surface area contributed by atoms with Crippen LogP contribution in [0.1, 0.15) is 12.0 Å². The standard InChI is InChI=1S/C15H21ClN2O3/c1-17-3-4-18(9-12(17)2-5-19)8-11-6-14-15(7-13(11)16)21-10-20-14/h6-7,12,19H,2-5,8-10H2,1H3/t12-/m1/s1. The summed E-state index contributed by atoms with van der Waals surface area (Å²) in [6, 6.07) is 4.21. The fourth-order valence-corrected chi connectivity index (χ4v) is 3.15. The molecule has 0 aromatic heterocycles. The molecule has 2 heterocycles. The van der Waals surface area contributed by atoms with E-state index in [1.54, 1.807) is 0 Å². The quantitative estimate of drug-likeness (QED) is 0.914. The minimum absolute atomic E-state index is 0.230. The number of hydrogen-bond donors (Lipinski definition) is 1. The highest BCUT2D eigenvalue weighted by molar-refractivity contribution is 6.31. The number of aliphatic hydroxyl groups is 1. The van der Waals surface area contributed by atoms with Crippen LogP contribution in [0.5, 0.6) is 11.5 Å². The molecule has 2 aliphatic heterocycles. The highest BCUT2D eigenvalue weighted by Gasteiger charge is 2.25. The van der Waals surface area contributed by atoms with Crippen molar-refractivity contribution in [1.82, 2.24) is 9.80 Å². The summed E-state index contributed by atoms with van der Waals surface area (Å²) >= 11 is 6.34. The number of nitrogens with zero attached hydrogens (tertiary/aromatic N) is 2. The molecular formula is C15H21ClN2O3. The molecule has 0 spiro atoms. The van der Waals surface area contributed by atoms with Gasteiger partial charge < -0.3 is 19.5 Å². The van der Waals surface area contributed by atoms with Crippen molar-refractivity contribution in [3.63, 3.8) is 0 Å². The third-order valence-corrected chi connectivity index (χ3v) is 4.61. The maximum Gasteiger partial charge on any atom is 0.231 e. The van der Waals surface area contributed by atoms with Crippen LogP contribution in [0.3, 0.4) is 0 Å². The van der Waals surface area contributed by atoms with E-state index in [-0.39, 0.29) is 13.4 Å². The number of hydrogen-bond acceptors (Lipinski definition) is 5. The number of likely N-dealkylation sites (N-methyl/N-ethyl adjacent to an activating group) is 1. The van der Waals surface area contributed by atoms with Gasteiger partial charge in [0, 0.05) is 49.9 Å². The van der Waals surface area contributed by atoms with E-state index in [0.29, 0.717) is 6.04 Å². The Morgan fingerprint density at radius 2 is 2.05 bits per heavy atom. The van der Waals surface area contributed by atoms with Crippen molar-refractivity contribution in [3.8, 4) is 11.5 Å². The predicted molar refractivity (Wildman–Crippen MR) is 81.0 cm³/mol. The van der Waals surface area contributed by atoms with Crippen LogP contribution in [-0.2, 0) is 6.54 Å². The van der Waals surface area contributed by atoms with Gasteiger partial charge in [-0.05, 0) is 25.1 Å². The molecule has 2 aliphatic rings. The molecule has 3 rings (SSSR count). The Hall–Kier alpha value is -1.01. The molecule has 0 saturated carbocycles. The number of benzene rings is 1. The minimum Gasteiger partial charge on any atom is -0.454 e. The normalized spacial score (nSPS) is 22.7. The zero-order chi connectivity index (χ0) is 14.8. The van der Waals surface area contributed by atoms with Crippen LogP contribution >= 0.6 is 11.6 Å². The molecule has 6 heteroatoms. The highest BCUT2D eigenvalue weighted by Crippen LogP contribution is 2.37. The lowest BCUT2D eigenvalue weighted by molar-refractivity contribution is 0.0743. The monoisotopic (exact) mass is 312 g/mol. The summed E-state index contributed by atoms with van der Waals surface area (Å²) in [6.07, 6.45) is 0.807. The van der Waals surface area contributed by atoms with Crippen LogP contribution in [0.2, 0.25) is 5.02 Å². The van der Waals surface area contributed by atoms with Crippen molar-refractivity contribution < 1.29 is 14.6 Å². The molecule has 0 aliphatic carbocycles. The summed E-state index contributed by atoms with van der Waals surface area (Å²) in [6.45, 7) is 4.25. The lowest BCUT2D eigenvalue weighted by Gasteiger charge is -2.39. The molecule has 0 radical (unpaired) electrons. The van der Waals surface area contributed by atoms with Gasteiger partial charge in [0.25, 0.3) is 0 Å². The van der Waals surface area contributed by atoms with Crippen LogP contribution in [-0.4, -0.2) is 61.0 Å². The van der Waals surface area contributed by atoms with Crippen molar-refractivity contribution in [2.45, 2.75) is 19.0 Å². The zero-order valence-corrected chi connectivity index (χ0v) is 13.0. The Morgan fingerprint density at radius 1 is 1.29 bits per heavy atom. The first-order valence-electron chi connectivity index (χ1n) is 7.29. The molecule has 1 aromatic rings. The van der Waals surface area contributed by atoms with Crippen LogP contribution in [0, 0.1) is 0 Å². The number of ether oxygens (including phenoxy) is 2. The molecule has 5 nitrogen and oxygen atoms in total. The van der Waals surface area contributed by atoms with Crippen molar-refractivity contribution >= 4 is 11.6 Å². The molecule has 1 atom stereocenters. The second-order valence-corrected chi connectivity index (χ2v) is 6.09. The van der Waals surface area contributed by atoms with Gasteiger partial charge in [0.1, 0.15) is 0 Å². The predicted octanol–water partition coefficient (Wildman–Crippen LogP) is 1.57. The van der Waals surface area contributed by atoms with Crippen molar-refractivity contribution in [2.75, 3.05) is 40.1 Å². The van der Waals surface area contributed by atoms with Crippen LogP contribution in [0.4, 0.5) is 0 Å². The van der Waals surface area contributed by atoms with Gasteiger partial charge in [-0.3, -0.25) is 4.90 Å². The van der Waals surface area contributed by atoms with Crippen molar-refractivity contribution in [1.29, 1.82) is 0 Å². The van der Waals surface area contributed by atoms with E-state index in [4.69, 9.17) is 26.2 Å². The largest absolute Gasteiger partial charge is 0.454 e. The molecule has 0 bridgehead atoms. The maximum absolute atomic E-state index is 9.17. The van der Waals surface area contributed by atoms with Gasteiger partial charge in [-0.25, -0.2) is 0 Å². The summed E-state index contributed by atoms with van der Waals surface area (Å²) in [4.78, 5) is 4.69. The SMILES string of the molecule is CN1CCN(Cc2cc3c(cc2Cl)OCO3)C[C@H]1CCO. The fourth-order valence-electron chi connectivity index (χ4n) is 2.94. The zero-order valence-electron chi connectivity index (χ0n) is 12.2. The number of aliphatic hydroxyl groups excluding tert-OH is 1. The van der Waals surface area contributed by atoms with E-state index in [0.717, 1.165) is 54.7 Å². The van der Waals surface area contributed by atoms with E-state index in [1.165, 1.54) is 0 Å². The summed E-state index contributed by atoms with van der Waals surface area (Å²) in [5.41, 5.74) is 1.06. The van der Waals surface area contributed by atoms with Gasteiger partial charge in [-0.2, -0.15) is 0 Å². The van der Waals surface area contributed by atoms with Crippen molar-refractivity contribution in [3.05, 3.63) is 22.7 Å². The van der Waals surface area contributed by atoms with Gasteiger partial charge in [0.05, 0.1) is 0 Å². The Balaban J connectivity index is 1.69. The van der Waals surface area contributed by atoms with E-state index >= 15 is 0 Å². The summed E-state index contributed by atoms with van der Waals surface area (Å²) in [7, 11) is 2.12. The van der Waals surface area contributed by atoms with Gasteiger partial charge in [0.2, 0.25) is 6.79 Å². The summed E-state index contributed by atoms with van der Waals surface area (Å²) in [5.74, 6) is 1.50. The Bertz CT molecular complexity index is 512. The number of piperazine rings is 1. The van der Waals surface area contributed by atoms with Gasteiger partial charge in [-0.15, -0.1) is 0 Å². The molecule has 1 N–H and O–H groups in total. The average Bonchev–Trinajstić information content (AvgIpc) is 2.90. The third-order valence-electron chi connectivity index (χ3n) is 4.26. The first-order valence-corrected chi connectivity index (χ1v) is 7.66. The number of rotatable bonds is 4. The third kappa shape index (κ3) is 3.26. The topological polar surface area (TPSA) is 45.2 Å². The lowest BCUT2D eigenvalue weighted by atomic mass is 10.1. The molecule has 116 valence electrons. The van der Waals surface area contributed by atoms with Crippen LogP contribution < -0.4 is 9.47 Å². The van der Waals surface area contributed by atoms with Crippen LogP contribution in [0.25, 0.3) is 0 Å². The van der Waals surface area contributed by atoms with Crippen LogP contribution in [0.15, 0.2) is 12.1 Å². The molecular weight excluding hydrogens is 292 g/mol. The van der Waals surface area contributed by atoms with E-state index in [2.05, 4.69) is 16.8 Å². The molecule has 1 fully saturated rings. The summed E-state index contributed by atoms with van der Waals surface area (Å²) in [5, 5.41) is 9.88. The molecule has 0 unspecified atom stereocenters. The molecule has 21 heavy (non-hydrogen) atoms. The Kier molecular flexibility index (Phi) is 4.54. The first kappa shape index (κ1) is 14.9. The van der Waals surface area contributed by atoms with Gasteiger partial charge in [-0.1, -0.05) is 11.6 Å². The second kappa shape index (κ2) is 6.40. The number of fused-ring (bicyclic) bond motifs is 1. The Morgan fingerprint density at radius 3 is 2.81 bits per heavy atom. The Labute approximate surface area is 130 Å². The molecule has 0 amide bonds. The first-order chi connectivity index (χ1) is 10.2. The second-order valence-electron chi connectivity index (χ2n) is 5.68. The van der Waals surface area contributed by atoms with Gasteiger partial charge in [0.15, 0.2) is 11.5 Å². The lowest BCUT2D eigenvalue weighted by Crippen LogP contribution is -2.51. The van der Waals surface area contributed by atoms with E-state index < -0.39 is 0 Å². The minimum atomic E-state index is 0.230. The maximum atomic E-state index is 9.17. The van der Waals surface area contributed by atoms with Crippen molar-refractivity contribution in [2.24, 2.45) is 0 Å². The highest BCUT2D eigenvalue weighted by atomic mass is 35.5. The number of halogens is 1. The fraction of sp³-hybridized carbons (Fsp3) is 0.600. The smallest absolute Gasteiger partial charge is 0.231 e. The molecule has 1 aromatic carbocycles. The van der Waals surface area contributed by atoms with E-state index in [9.17, 15) is 0 Å². The van der Waals surface area contributed by atoms with E-state index in [1.807, 2.05) is 12.1 Å². The molecule has 1 saturated heterocycles. The van der Waals surface area contributed by atoms with Gasteiger partial charge >= 0.3 is 0 Å². The summed E-state index contributed by atoms with van der Waals surface area (Å²) < 4.78 is 10.8. The average molecular weight is 313 g/mol.